The Kier molecular flexibility index (Phi) is 10.6. The third-order valence-corrected chi connectivity index (χ3v) is 12.2. The van der Waals surface area contributed by atoms with Gasteiger partial charge >= 0.3 is 0 Å². The molecule has 0 saturated carbocycles. The fourth-order valence-corrected chi connectivity index (χ4v) is 4.47. The highest BCUT2D eigenvalue weighted by atomic mass is 32.2. The molecular formula is C25H41N3O5SSi. The predicted molar refractivity (Wildman–Crippen MR) is 145 cm³/mol. The molecule has 1 aromatic carbocycles. The Balaban J connectivity index is 2.22. The summed E-state index contributed by atoms with van der Waals surface area (Å²) in [5, 5.41) is 6.48. The van der Waals surface area contributed by atoms with E-state index in [9.17, 15) is 8.42 Å². The van der Waals surface area contributed by atoms with Crippen LogP contribution in [0.1, 0.15) is 33.3 Å². The lowest BCUT2D eigenvalue weighted by molar-refractivity contribution is 0.0964. The van der Waals surface area contributed by atoms with Crippen LogP contribution in [0, 0.1) is 0 Å². The highest BCUT2D eigenvalue weighted by Crippen LogP contribution is 2.36. The molecule has 35 heavy (non-hydrogen) atoms. The molecule has 1 heterocycles. The minimum absolute atomic E-state index is 0.0582. The Labute approximate surface area is 211 Å². The Hall–Kier alpha value is -2.14. The zero-order valence-corrected chi connectivity index (χ0v) is 23.9. The molecule has 0 radical (unpaired) electrons. The van der Waals surface area contributed by atoms with Crippen LogP contribution in [0.25, 0.3) is 0 Å². The Morgan fingerprint density at radius 2 is 1.74 bits per heavy atom. The van der Waals surface area contributed by atoms with E-state index in [-0.39, 0.29) is 22.7 Å². The first kappa shape index (κ1) is 29.1. The molecule has 2 N–H and O–H groups in total. The number of benzene rings is 1. The predicted octanol–water partition coefficient (Wildman–Crippen LogP) is 4.91. The number of hydrogen-bond acceptors (Lipinski definition) is 8. The summed E-state index contributed by atoms with van der Waals surface area (Å²) in [5.74, 6) is 0.790. The van der Waals surface area contributed by atoms with E-state index in [1.54, 1.807) is 26.2 Å². The van der Waals surface area contributed by atoms with E-state index in [4.69, 9.17) is 13.9 Å². The summed E-state index contributed by atoms with van der Waals surface area (Å²) in [7, 11) is -3.67. The Morgan fingerprint density at radius 3 is 2.34 bits per heavy atom. The van der Waals surface area contributed by atoms with Crippen molar-refractivity contribution in [3.05, 3.63) is 48.0 Å². The number of rotatable bonds is 14. The number of ether oxygens (including phenoxy) is 2. The molecule has 2 aromatic rings. The average Bonchev–Trinajstić information content (AvgIpc) is 2.81. The van der Waals surface area contributed by atoms with Crippen LogP contribution in [-0.2, 0) is 25.6 Å². The smallest absolute Gasteiger partial charge is 0.215 e. The van der Waals surface area contributed by atoms with Crippen molar-refractivity contribution in [2.24, 2.45) is 0 Å². The van der Waals surface area contributed by atoms with Gasteiger partial charge in [0.15, 0.2) is 24.0 Å². The van der Waals surface area contributed by atoms with E-state index in [1.165, 1.54) is 0 Å². The van der Waals surface area contributed by atoms with Gasteiger partial charge in [-0.15, -0.1) is 0 Å². The molecule has 0 amide bonds. The van der Waals surface area contributed by atoms with Crippen LogP contribution in [0.5, 0.6) is 5.88 Å². The Morgan fingerprint density at radius 1 is 1.06 bits per heavy atom. The molecule has 196 valence electrons. The van der Waals surface area contributed by atoms with Crippen molar-refractivity contribution in [1.82, 2.24) is 4.98 Å². The van der Waals surface area contributed by atoms with E-state index < -0.39 is 18.2 Å². The van der Waals surface area contributed by atoms with Gasteiger partial charge in [-0.25, -0.2) is 8.42 Å². The lowest BCUT2D eigenvalue weighted by atomic mass is 10.2. The van der Waals surface area contributed by atoms with Crippen LogP contribution in [-0.4, -0.2) is 59.7 Å². The summed E-state index contributed by atoms with van der Waals surface area (Å²) in [4.78, 5) is 4.53. The molecule has 0 fully saturated rings. The molecule has 8 nitrogen and oxygen atoms in total. The van der Waals surface area contributed by atoms with Gasteiger partial charge in [-0.3, -0.25) is 0 Å². The van der Waals surface area contributed by atoms with Gasteiger partial charge in [-0.2, -0.15) is 4.98 Å². The van der Waals surface area contributed by atoms with Gasteiger partial charge in [0.25, 0.3) is 0 Å². The molecule has 0 aliphatic rings. The first-order chi connectivity index (χ1) is 16.4. The standard InChI is InChI=1S/C25H41N3O5SSi/c1-8-34(29,30)19-26-22-14-15-23(31-5)28-24(22)27-21(18-33-35(6,7)25(2,3)4)17-32-16-20-12-10-9-11-13-20/h9-15,21,26H,8,16-19H2,1-7H3,(H,27,28)/t21-/m0/s1. The summed E-state index contributed by atoms with van der Waals surface area (Å²) in [5.41, 5.74) is 1.66. The Bertz CT molecular complexity index is 1030. The monoisotopic (exact) mass is 523 g/mol. The van der Waals surface area contributed by atoms with Crippen molar-refractivity contribution in [3.8, 4) is 5.88 Å². The molecule has 1 atom stereocenters. The third kappa shape index (κ3) is 9.44. The summed E-state index contributed by atoms with van der Waals surface area (Å²) >= 11 is 0. The summed E-state index contributed by atoms with van der Waals surface area (Å²) in [6.45, 7) is 13.9. The van der Waals surface area contributed by atoms with Crippen molar-refractivity contribution in [2.45, 2.75) is 58.5 Å². The van der Waals surface area contributed by atoms with Crippen LogP contribution in [0.4, 0.5) is 11.5 Å². The summed E-state index contributed by atoms with van der Waals surface area (Å²) < 4.78 is 41.9. The van der Waals surface area contributed by atoms with Crippen LogP contribution >= 0.6 is 0 Å². The number of nitrogens with one attached hydrogen (secondary N) is 2. The second-order valence-electron chi connectivity index (χ2n) is 10.0. The number of methoxy groups -OCH3 is 1. The quantitative estimate of drug-likeness (QED) is 0.337. The zero-order valence-electron chi connectivity index (χ0n) is 22.1. The van der Waals surface area contributed by atoms with Crippen LogP contribution in [0.3, 0.4) is 0 Å². The molecule has 1 aromatic heterocycles. The normalized spacial score (nSPS) is 13.3. The van der Waals surface area contributed by atoms with Crippen molar-refractivity contribution in [3.63, 3.8) is 0 Å². The fourth-order valence-electron chi connectivity index (χ4n) is 2.84. The van der Waals surface area contributed by atoms with Crippen LogP contribution in [0.15, 0.2) is 42.5 Å². The second-order valence-corrected chi connectivity index (χ2v) is 17.2. The van der Waals surface area contributed by atoms with E-state index >= 15 is 0 Å². The zero-order chi connectivity index (χ0) is 26.1. The van der Waals surface area contributed by atoms with Gasteiger partial charge in [0, 0.05) is 11.8 Å². The van der Waals surface area contributed by atoms with Crippen molar-refractivity contribution in [2.75, 3.05) is 42.6 Å². The van der Waals surface area contributed by atoms with E-state index in [2.05, 4.69) is 49.5 Å². The highest BCUT2D eigenvalue weighted by molar-refractivity contribution is 7.91. The summed E-state index contributed by atoms with van der Waals surface area (Å²) in [6, 6.07) is 13.2. The summed E-state index contributed by atoms with van der Waals surface area (Å²) in [6.07, 6.45) is 0. The maximum absolute atomic E-state index is 12.0. The number of pyridine rings is 1. The van der Waals surface area contributed by atoms with E-state index in [0.717, 1.165) is 5.56 Å². The van der Waals surface area contributed by atoms with Gasteiger partial charge < -0.3 is 24.5 Å². The van der Waals surface area contributed by atoms with E-state index in [0.29, 0.717) is 37.2 Å². The highest BCUT2D eigenvalue weighted by Gasteiger charge is 2.37. The molecule has 0 bridgehead atoms. The minimum Gasteiger partial charge on any atom is -0.481 e. The van der Waals surface area contributed by atoms with Gasteiger partial charge in [0.2, 0.25) is 5.88 Å². The molecular weight excluding hydrogens is 482 g/mol. The number of anilines is 2. The van der Waals surface area contributed by atoms with Gasteiger partial charge in [0.1, 0.15) is 5.88 Å². The number of nitrogens with zero attached hydrogens (tertiary/aromatic N) is 1. The molecule has 0 saturated heterocycles. The number of aromatic nitrogens is 1. The van der Waals surface area contributed by atoms with Gasteiger partial charge in [-0.1, -0.05) is 58.0 Å². The lowest BCUT2D eigenvalue weighted by Crippen LogP contribution is -2.44. The molecule has 0 unspecified atom stereocenters. The van der Waals surface area contributed by atoms with Crippen molar-refractivity contribution >= 4 is 29.7 Å². The topological polar surface area (TPSA) is 98.8 Å². The molecule has 2 rings (SSSR count). The van der Waals surface area contributed by atoms with Gasteiger partial charge in [0.05, 0.1) is 38.7 Å². The first-order valence-electron chi connectivity index (χ1n) is 11.9. The van der Waals surface area contributed by atoms with E-state index in [1.807, 2.05) is 30.3 Å². The largest absolute Gasteiger partial charge is 0.481 e. The van der Waals surface area contributed by atoms with Crippen LogP contribution < -0.4 is 15.4 Å². The number of hydrogen-bond donors (Lipinski definition) is 2. The minimum atomic E-state index is -3.21. The number of sulfone groups is 1. The lowest BCUT2D eigenvalue weighted by Gasteiger charge is -2.37. The molecule has 0 aliphatic heterocycles. The maximum Gasteiger partial charge on any atom is 0.215 e. The molecule has 0 spiro atoms. The van der Waals surface area contributed by atoms with Crippen LogP contribution in [0.2, 0.25) is 18.1 Å². The SMILES string of the molecule is CCS(=O)(=O)CNc1ccc(OC)nc1N[C@@H](COCc1ccccc1)CO[Si](C)(C)C(C)(C)C. The fraction of sp³-hybridized carbons (Fsp3) is 0.560. The van der Waals surface area contributed by atoms with Crippen molar-refractivity contribution < 1.29 is 22.3 Å². The van der Waals surface area contributed by atoms with Gasteiger partial charge in [-0.05, 0) is 29.8 Å². The average molecular weight is 524 g/mol. The first-order valence-corrected chi connectivity index (χ1v) is 16.6. The third-order valence-electron chi connectivity index (χ3n) is 6.22. The molecule has 10 heteroatoms. The maximum atomic E-state index is 12.0. The second kappa shape index (κ2) is 12.7. The molecule has 0 aliphatic carbocycles. The van der Waals surface area contributed by atoms with Crippen molar-refractivity contribution in [1.29, 1.82) is 0 Å².